The summed E-state index contributed by atoms with van der Waals surface area (Å²) in [6, 6.07) is 12.1. The zero-order chi connectivity index (χ0) is 21.0. The van der Waals surface area contributed by atoms with E-state index >= 15 is 0 Å². The molecule has 0 amide bonds. The number of aromatic nitrogens is 1. The Morgan fingerprint density at radius 3 is 2.31 bits per heavy atom. The molecule has 0 aliphatic heterocycles. The van der Waals surface area contributed by atoms with Crippen LogP contribution in [0.1, 0.15) is 21.7 Å². The summed E-state index contributed by atoms with van der Waals surface area (Å²) >= 11 is 1.38. The number of hydrogen-bond acceptors (Lipinski definition) is 5. The Morgan fingerprint density at radius 2 is 1.72 bits per heavy atom. The second-order valence-electron chi connectivity index (χ2n) is 6.29. The Kier molecular flexibility index (Phi) is 6.22. The number of alkyl halides is 3. The van der Waals surface area contributed by atoms with E-state index in [2.05, 4.69) is 9.72 Å². The molecule has 29 heavy (non-hydrogen) atoms. The predicted octanol–water partition coefficient (Wildman–Crippen LogP) is 5.43. The van der Waals surface area contributed by atoms with Gasteiger partial charge in [0.2, 0.25) is 0 Å². The lowest BCUT2D eigenvalue weighted by atomic mass is 10.1. The molecule has 0 bridgehead atoms. The number of thiazole rings is 1. The maximum absolute atomic E-state index is 12.7. The van der Waals surface area contributed by atoms with E-state index in [1.54, 1.807) is 24.3 Å². The topological polar surface area (TPSA) is 48.4 Å². The van der Waals surface area contributed by atoms with E-state index in [1.807, 2.05) is 6.92 Å². The van der Waals surface area contributed by atoms with E-state index in [-0.39, 0.29) is 12.4 Å². The summed E-state index contributed by atoms with van der Waals surface area (Å²) in [6.07, 6.45) is -4.16. The fourth-order valence-corrected chi connectivity index (χ4v) is 3.56. The predicted molar refractivity (Wildman–Crippen MR) is 104 cm³/mol. The number of ether oxygens (including phenoxy) is 2. The minimum atomic E-state index is -4.36. The van der Waals surface area contributed by atoms with Crippen molar-refractivity contribution in [1.82, 2.24) is 4.98 Å². The molecule has 4 nitrogen and oxygen atoms in total. The third-order valence-electron chi connectivity index (χ3n) is 4.22. The average molecular weight is 421 g/mol. The lowest BCUT2D eigenvalue weighted by Gasteiger charge is -2.06. The van der Waals surface area contributed by atoms with E-state index in [0.29, 0.717) is 22.9 Å². The molecule has 0 unspecified atom stereocenters. The van der Waals surface area contributed by atoms with Crippen LogP contribution in [0.3, 0.4) is 0 Å². The van der Waals surface area contributed by atoms with Crippen LogP contribution >= 0.6 is 11.3 Å². The molecule has 1 heterocycles. The van der Waals surface area contributed by atoms with Gasteiger partial charge in [0, 0.05) is 5.56 Å². The number of rotatable bonds is 6. The first kappa shape index (κ1) is 20.9. The van der Waals surface area contributed by atoms with Gasteiger partial charge in [-0.1, -0.05) is 24.3 Å². The molecule has 1 aromatic heterocycles. The summed E-state index contributed by atoms with van der Waals surface area (Å²) in [7, 11) is 1.34. The molecule has 0 spiro atoms. The third-order valence-corrected chi connectivity index (χ3v) is 5.40. The van der Waals surface area contributed by atoms with Crippen molar-refractivity contribution in [3.63, 3.8) is 0 Å². The lowest BCUT2D eigenvalue weighted by molar-refractivity contribution is -0.140. The van der Waals surface area contributed by atoms with Gasteiger partial charge in [0.25, 0.3) is 0 Å². The molecule has 2 aromatic carbocycles. The first-order chi connectivity index (χ1) is 13.8. The number of carbonyl (C=O) groups is 1. The fourth-order valence-electron chi connectivity index (χ4n) is 2.58. The van der Waals surface area contributed by atoms with Crippen LogP contribution in [0.5, 0.6) is 5.75 Å². The highest BCUT2D eigenvalue weighted by atomic mass is 32.1. The van der Waals surface area contributed by atoms with Gasteiger partial charge in [-0.25, -0.2) is 4.98 Å². The first-order valence-electron chi connectivity index (χ1n) is 8.69. The SMILES string of the molecule is COC(=O)Cc1ccc(OCc2sc(-c3ccc(C(F)(F)F)cc3)nc2C)cc1. The number of carbonyl (C=O) groups excluding carboxylic acids is 1. The molecule has 0 aliphatic rings. The summed E-state index contributed by atoms with van der Waals surface area (Å²) in [6.45, 7) is 2.13. The highest BCUT2D eigenvalue weighted by molar-refractivity contribution is 7.15. The van der Waals surface area contributed by atoms with Gasteiger partial charge in [-0.05, 0) is 36.8 Å². The van der Waals surface area contributed by atoms with Gasteiger partial charge >= 0.3 is 12.1 Å². The number of benzene rings is 2. The molecule has 0 aliphatic carbocycles. The van der Waals surface area contributed by atoms with Gasteiger partial charge in [-0.3, -0.25) is 4.79 Å². The van der Waals surface area contributed by atoms with Crippen LogP contribution in [0.15, 0.2) is 48.5 Å². The van der Waals surface area contributed by atoms with Crippen LogP contribution in [0, 0.1) is 6.92 Å². The Hall–Kier alpha value is -2.87. The lowest BCUT2D eigenvalue weighted by Crippen LogP contribution is -2.04. The Bertz CT molecular complexity index is 980. The third kappa shape index (κ3) is 5.35. The molecular weight excluding hydrogens is 403 g/mol. The summed E-state index contributed by atoms with van der Waals surface area (Å²) in [5, 5.41) is 0.642. The van der Waals surface area contributed by atoms with Crippen molar-refractivity contribution in [3.8, 4) is 16.3 Å². The van der Waals surface area contributed by atoms with Crippen LogP contribution in [0.4, 0.5) is 13.2 Å². The molecule has 8 heteroatoms. The van der Waals surface area contributed by atoms with Crippen molar-refractivity contribution < 1.29 is 27.4 Å². The molecule has 3 rings (SSSR count). The maximum atomic E-state index is 12.7. The van der Waals surface area contributed by atoms with Crippen LogP contribution in [-0.2, 0) is 28.7 Å². The van der Waals surface area contributed by atoms with E-state index in [1.165, 1.54) is 30.6 Å². The number of aryl methyl sites for hydroxylation is 1. The number of nitrogens with zero attached hydrogens (tertiary/aromatic N) is 1. The van der Waals surface area contributed by atoms with Crippen molar-refractivity contribution in [2.24, 2.45) is 0 Å². The summed E-state index contributed by atoms with van der Waals surface area (Å²) < 4.78 is 48.5. The molecule has 0 saturated heterocycles. The molecule has 152 valence electrons. The largest absolute Gasteiger partial charge is 0.488 e. The van der Waals surface area contributed by atoms with E-state index in [4.69, 9.17) is 4.74 Å². The number of methoxy groups -OCH3 is 1. The minimum Gasteiger partial charge on any atom is -0.488 e. The number of hydrogen-bond donors (Lipinski definition) is 0. The molecular formula is C21H18F3NO3S. The van der Waals surface area contributed by atoms with Gasteiger partial charge in [-0.2, -0.15) is 13.2 Å². The van der Waals surface area contributed by atoms with Crippen molar-refractivity contribution in [2.45, 2.75) is 26.1 Å². The second kappa shape index (κ2) is 8.65. The van der Waals surface area contributed by atoms with E-state index in [9.17, 15) is 18.0 Å². The van der Waals surface area contributed by atoms with Crippen molar-refractivity contribution in [2.75, 3.05) is 7.11 Å². The van der Waals surface area contributed by atoms with E-state index < -0.39 is 11.7 Å². The van der Waals surface area contributed by atoms with Gasteiger partial charge < -0.3 is 9.47 Å². The minimum absolute atomic E-state index is 0.196. The monoisotopic (exact) mass is 421 g/mol. The quantitative estimate of drug-likeness (QED) is 0.498. The van der Waals surface area contributed by atoms with Crippen LogP contribution < -0.4 is 4.74 Å². The summed E-state index contributed by atoms with van der Waals surface area (Å²) in [4.78, 5) is 16.6. The standard InChI is InChI=1S/C21H18F3NO3S/c1-13-18(12-28-17-9-3-14(4-10-17)11-19(26)27-2)29-20(25-13)15-5-7-16(8-6-15)21(22,23)24/h3-10H,11-12H2,1-2H3. The Balaban J connectivity index is 1.66. The first-order valence-corrected chi connectivity index (χ1v) is 9.50. The second-order valence-corrected chi connectivity index (χ2v) is 7.37. The highest BCUT2D eigenvalue weighted by Crippen LogP contribution is 2.33. The number of esters is 1. The zero-order valence-electron chi connectivity index (χ0n) is 15.7. The highest BCUT2D eigenvalue weighted by Gasteiger charge is 2.30. The Labute approximate surface area is 169 Å². The smallest absolute Gasteiger partial charge is 0.416 e. The maximum Gasteiger partial charge on any atom is 0.416 e. The summed E-state index contributed by atoms with van der Waals surface area (Å²) in [5.74, 6) is 0.331. The van der Waals surface area contributed by atoms with E-state index in [0.717, 1.165) is 28.3 Å². The molecule has 0 atom stereocenters. The van der Waals surface area contributed by atoms with Gasteiger partial charge in [0.1, 0.15) is 17.4 Å². The molecule has 0 radical (unpaired) electrons. The van der Waals surface area contributed by atoms with Gasteiger partial charge in [-0.15, -0.1) is 11.3 Å². The number of halogens is 3. The molecule has 0 saturated carbocycles. The fraction of sp³-hybridized carbons (Fsp3) is 0.238. The van der Waals surface area contributed by atoms with Gasteiger partial charge in [0.15, 0.2) is 0 Å². The van der Waals surface area contributed by atoms with Gasteiger partial charge in [0.05, 0.1) is 29.7 Å². The van der Waals surface area contributed by atoms with Crippen LogP contribution in [0.2, 0.25) is 0 Å². The molecule has 3 aromatic rings. The average Bonchev–Trinajstić information content (AvgIpc) is 3.07. The molecule has 0 N–H and O–H groups in total. The normalized spacial score (nSPS) is 11.3. The van der Waals surface area contributed by atoms with Crippen molar-refractivity contribution >= 4 is 17.3 Å². The van der Waals surface area contributed by atoms with Crippen LogP contribution in [-0.4, -0.2) is 18.1 Å². The molecule has 0 fully saturated rings. The van der Waals surface area contributed by atoms with Crippen molar-refractivity contribution in [1.29, 1.82) is 0 Å². The summed E-state index contributed by atoms with van der Waals surface area (Å²) in [5.41, 5.74) is 1.54. The van der Waals surface area contributed by atoms with Crippen LogP contribution in [0.25, 0.3) is 10.6 Å². The zero-order valence-corrected chi connectivity index (χ0v) is 16.6. The van der Waals surface area contributed by atoms with Crippen molar-refractivity contribution in [3.05, 3.63) is 70.2 Å². The Morgan fingerprint density at radius 1 is 1.07 bits per heavy atom.